The fraction of sp³-hybridized carbons (Fsp3) is 0.833. The van der Waals surface area contributed by atoms with Crippen LogP contribution in [0.25, 0.3) is 0 Å². The predicted molar refractivity (Wildman–Crippen MR) is 113 cm³/mol. The molecular formula is C24H46. The van der Waals surface area contributed by atoms with Gasteiger partial charge in [-0.3, -0.25) is 0 Å². The minimum absolute atomic E-state index is 0.904. The molecule has 0 rings (SSSR count). The van der Waals surface area contributed by atoms with Gasteiger partial charge in [-0.15, -0.1) is 13.2 Å². The first kappa shape index (κ1) is 23.5. The summed E-state index contributed by atoms with van der Waals surface area (Å²) in [5, 5.41) is 0. The van der Waals surface area contributed by atoms with Crippen LogP contribution >= 0.6 is 0 Å². The van der Waals surface area contributed by atoms with Gasteiger partial charge in [-0.05, 0) is 39.0 Å². The van der Waals surface area contributed by atoms with E-state index in [4.69, 9.17) is 0 Å². The van der Waals surface area contributed by atoms with E-state index in [1.54, 1.807) is 0 Å². The summed E-state index contributed by atoms with van der Waals surface area (Å²) in [6, 6.07) is 0. The van der Waals surface area contributed by atoms with Gasteiger partial charge in [0.1, 0.15) is 0 Å². The Hall–Kier alpha value is -0.520. The summed E-state index contributed by atoms with van der Waals surface area (Å²) in [5.74, 6) is 0.904. The highest BCUT2D eigenvalue weighted by Crippen LogP contribution is 2.24. The Balaban J connectivity index is 3.54. The van der Waals surface area contributed by atoms with Crippen LogP contribution in [0.3, 0.4) is 0 Å². The Kier molecular flexibility index (Phi) is 16.9. The highest BCUT2D eigenvalue weighted by atomic mass is 14.1. The number of hydrogen-bond donors (Lipinski definition) is 0. The van der Waals surface area contributed by atoms with E-state index in [1.807, 2.05) is 0 Å². The van der Waals surface area contributed by atoms with Crippen LogP contribution in [0.15, 0.2) is 24.3 Å². The Morgan fingerprint density at radius 1 is 0.625 bits per heavy atom. The molecule has 0 saturated heterocycles. The van der Waals surface area contributed by atoms with Crippen LogP contribution in [0.4, 0.5) is 0 Å². The van der Waals surface area contributed by atoms with Gasteiger partial charge in [-0.1, -0.05) is 102 Å². The van der Waals surface area contributed by atoms with E-state index in [0.717, 1.165) is 5.92 Å². The quantitative estimate of drug-likeness (QED) is 0.173. The Morgan fingerprint density at radius 3 is 1.54 bits per heavy atom. The third-order valence-corrected chi connectivity index (χ3v) is 5.07. The van der Waals surface area contributed by atoms with E-state index < -0.39 is 0 Å². The molecule has 1 atom stereocenters. The highest BCUT2D eigenvalue weighted by molar-refractivity contribution is 4.90. The van der Waals surface area contributed by atoms with Gasteiger partial charge in [-0.25, -0.2) is 0 Å². The van der Waals surface area contributed by atoms with Crippen LogP contribution in [-0.2, 0) is 0 Å². The molecule has 0 fully saturated rings. The molecule has 0 amide bonds. The van der Waals surface area contributed by atoms with E-state index in [2.05, 4.69) is 33.9 Å². The van der Waals surface area contributed by atoms with Gasteiger partial charge in [0.2, 0.25) is 0 Å². The van der Waals surface area contributed by atoms with E-state index in [0.29, 0.717) is 0 Å². The van der Waals surface area contributed by atoms with E-state index in [1.165, 1.54) is 114 Å². The van der Waals surface area contributed by atoms with E-state index >= 15 is 0 Å². The molecule has 0 spiro atoms. The van der Waals surface area contributed by atoms with Crippen LogP contribution in [0, 0.1) is 5.92 Å². The Bertz CT molecular complexity index is 299. The molecule has 0 heterocycles. The van der Waals surface area contributed by atoms with Crippen molar-refractivity contribution >= 4 is 0 Å². The lowest BCUT2D eigenvalue weighted by Crippen LogP contribution is -2.01. The molecule has 0 N–H and O–H groups in total. The maximum atomic E-state index is 4.14. The highest BCUT2D eigenvalue weighted by Gasteiger charge is 2.08. The molecule has 0 heteroatoms. The van der Waals surface area contributed by atoms with Gasteiger partial charge in [0.25, 0.3) is 0 Å². The van der Waals surface area contributed by atoms with Crippen molar-refractivity contribution in [2.45, 2.75) is 124 Å². The van der Waals surface area contributed by atoms with Crippen LogP contribution in [0.5, 0.6) is 0 Å². The first-order valence-corrected chi connectivity index (χ1v) is 10.8. The molecule has 0 aromatic carbocycles. The van der Waals surface area contributed by atoms with Gasteiger partial charge in [-0.2, -0.15) is 0 Å². The predicted octanol–water partition coefficient (Wildman–Crippen LogP) is 9.02. The largest absolute Gasteiger partial charge is 0.100 e. The summed E-state index contributed by atoms with van der Waals surface area (Å²) in [4.78, 5) is 0. The van der Waals surface area contributed by atoms with Crippen molar-refractivity contribution in [3.8, 4) is 0 Å². The van der Waals surface area contributed by atoms with Crippen molar-refractivity contribution in [3.63, 3.8) is 0 Å². The molecule has 0 saturated carbocycles. The van der Waals surface area contributed by atoms with E-state index in [9.17, 15) is 0 Å². The van der Waals surface area contributed by atoms with Crippen molar-refractivity contribution in [2.24, 2.45) is 5.92 Å². The van der Waals surface area contributed by atoms with Gasteiger partial charge in [0, 0.05) is 0 Å². The molecule has 0 aromatic heterocycles. The SMILES string of the molecule is C=C(C)CCCCCCCCCCC(CCCCCC)CC(=C)C. The van der Waals surface area contributed by atoms with Crippen molar-refractivity contribution in [3.05, 3.63) is 24.3 Å². The summed E-state index contributed by atoms with van der Waals surface area (Å²) in [6.45, 7) is 14.8. The summed E-state index contributed by atoms with van der Waals surface area (Å²) in [6.07, 6.45) is 22.3. The second-order valence-corrected chi connectivity index (χ2v) is 8.20. The van der Waals surface area contributed by atoms with Gasteiger partial charge in [0.05, 0.1) is 0 Å². The minimum Gasteiger partial charge on any atom is -0.100 e. The number of rotatable bonds is 18. The van der Waals surface area contributed by atoms with Crippen LogP contribution in [0.1, 0.15) is 124 Å². The average molecular weight is 335 g/mol. The molecule has 24 heavy (non-hydrogen) atoms. The van der Waals surface area contributed by atoms with Crippen LogP contribution in [0.2, 0.25) is 0 Å². The lowest BCUT2D eigenvalue weighted by Gasteiger charge is -2.17. The topological polar surface area (TPSA) is 0 Å². The maximum Gasteiger partial charge on any atom is -0.0297 e. The molecular weight excluding hydrogens is 288 g/mol. The van der Waals surface area contributed by atoms with Gasteiger partial charge in [0.15, 0.2) is 0 Å². The summed E-state index contributed by atoms with van der Waals surface area (Å²) < 4.78 is 0. The monoisotopic (exact) mass is 334 g/mol. The number of hydrogen-bond acceptors (Lipinski definition) is 0. The number of allylic oxidation sites excluding steroid dienone is 2. The molecule has 0 radical (unpaired) electrons. The molecule has 0 nitrogen and oxygen atoms in total. The normalized spacial score (nSPS) is 12.3. The third kappa shape index (κ3) is 17.8. The molecule has 0 bridgehead atoms. The summed E-state index contributed by atoms with van der Waals surface area (Å²) in [5.41, 5.74) is 2.72. The fourth-order valence-corrected chi connectivity index (χ4v) is 3.62. The molecule has 142 valence electrons. The maximum absolute atomic E-state index is 4.14. The summed E-state index contributed by atoms with van der Waals surface area (Å²) >= 11 is 0. The lowest BCUT2D eigenvalue weighted by atomic mass is 9.89. The fourth-order valence-electron chi connectivity index (χ4n) is 3.62. The zero-order valence-electron chi connectivity index (χ0n) is 17.3. The Morgan fingerprint density at radius 2 is 1.08 bits per heavy atom. The Labute approximate surface area is 154 Å². The smallest absolute Gasteiger partial charge is 0.0297 e. The average Bonchev–Trinajstić information content (AvgIpc) is 2.52. The second-order valence-electron chi connectivity index (χ2n) is 8.20. The summed E-state index contributed by atoms with van der Waals surface area (Å²) in [7, 11) is 0. The molecule has 1 unspecified atom stereocenters. The zero-order valence-corrected chi connectivity index (χ0v) is 17.3. The number of unbranched alkanes of at least 4 members (excludes halogenated alkanes) is 10. The first-order valence-electron chi connectivity index (χ1n) is 10.8. The molecule has 0 aliphatic carbocycles. The standard InChI is InChI=1S/C24H46/c1-6-7-8-16-19-24(21-23(4)5)20-17-14-12-10-9-11-13-15-18-22(2)3/h24H,2,4,6-21H2,1,3,5H3. The van der Waals surface area contributed by atoms with Gasteiger partial charge < -0.3 is 0 Å². The lowest BCUT2D eigenvalue weighted by molar-refractivity contribution is 0.401. The van der Waals surface area contributed by atoms with Gasteiger partial charge >= 0.3 is 0 Å². The molecule has 0 aliphatic rings. The van der Waals surface area contributed by atoms with Crippen molar-refractivity contribution in [2.75, 3.05) is 0 Å². The zero-order chi connectivity index (χ0) is 18.0. The van der Waals surface area contributed by atoms with Crippen molar-refractivity contribution in [1.82, 2.24) is 0 Å². The van der Waals surface area contributed by atoms with Crippen molar-refractivity contribution < 1.29 is 0 Å². The molecule has 0 aromatic rings. The second kappa shape index (κ2) is 17.3. The minimum atomic E-state index is 0.904. The third-order valence-electron chi connectivity index (χ3n) is 5.07. The van der Waals surface area contributed by atoms with E-state index in [-0.39, 0.29) is 0 Å². The molecule has 0 aliphatic heterocycles. The van der Waals surface area contributed by atoms with Crippen molar-refractivity contribution in [1.29, 1.82) is 0 Å². The first-order chi connectivity index (χ1) is 11.6. The van der Waals surface area contributed by atoms with Crippen LogP contribution < -0.4 is 0 Å². The van der Waals surface area contributed by atoms with Crippen LogP contribution in [-0.4, -0.2) is 0 Å².